The highest BCUT2D eigenvalue weighted by Gasteiger charge is 2.34. The molecule has 140 valence electrons. The van der Waals surface area contributed by atoms with Crippen molar-refractivity contribution in [3.05, 3.63) is 70.1 Å². The number of halogens is 3. The molecule has 0 fully saturated rings. The molecule has 0 saturated carbocycles. The number of carbonyl (C=O) groups excluding carboxylic acids is 1. The summed E-state index contributed by atoms with van der Waals surface area (Å²) in [5.41, 5.74) is -1.66. The number of ether oxygens (including phenoxy) is 1. The summed E-state index contributed by atoms with van der Waals surface area (Å²) in [6, 6.07) is 11.0. The summed E-state index contributed by atoms with van der Waals surface area (Å²) in [6.45, 7) is 0.337. The van der Waals surface area contributed by atoms with E-state index in [1.807, 2.05) is 30.3 Å². The molecule has 5 nitrogen and oxygen atoms in total. The fourth-order valence-electron chi connectivity index (χ4n) is 2.42. The van der Waals surface area contributed by atoms with Crippen LogP contribution in [0.2, 0.25) is 0 Å². The van der Waals surface area contributed by atoms with Gasteiger partial charge in [0.1, 0.15) is 12.1 Å². The van der Waals surface area contributed by atoms with Crippen molar-refractivity contribution in [3.63, 3.8) is 0 Å². The summed E-state index contributed by atoms with van der Waals surface area (Å²) in [7, 11) is 1.49. The fourth-order valence-corrected chi connectivity index (χ4v) is 2.42. The van der Waals surface area contributed by atoms with Crippen molar-refractivity contribution in [2.24, 2.45) is 0 Å². The van der Waals surface area contributed by atoms with E-state index in [1.54, 1.807) is 0 Å². The fraction of sp³-hybridized carbons (Fsp3) is 0.333. The van der Waals surface area contributed by atoms with E-state index >= 15 is 0 Å². The van der Waals surface area contributed by atoms with Gasteiger partial charge in [-0.3, -0.25) is 9.59 Å². The van der Waals surface area contributed by atoms with Gasteiger partial charge in [-0.1, -0.05) is 30.3 Å². The van der Waals surface area contributed by atoms with Gasteiger partial charge < -0.3 is 14.2 Å². The maximum Gasteiger partial charge on any atom is 0.421 e. The van der Waals surface area contributed by atoms with E-state index in [1.165, 1.54) is 18.2 Å². The van der Waals surface area contributed by atoms with Crippen LogP contribution in [0.4, 0.5) is 13.2 Å². The first-order valence-electron chi connectivity index (χ1n) is 7.90. The third-order valence-electron chi connectivity index (χ3n) is 3.77. The molecule has 0 aliphatic rings. The lowest BCUT2D eigenvalue weighted by atomic mass is 10.2. The number of hydrogen-bond donors (Lipinski definition) is 0. The van der Waals surface area contributed by atoms with Crippen molar-refractivity contribution < 1.29 is 22.7 Å². The molecule has 26 heavy (non-hydrogen) atoms. The van der Waals surface area contributed by atoms with E-state index in [0.717, 1.165) is 16.2 Å². The lowest BCUT2D eigenvalue weighted by Crippen LogP contribution is -2.39. The van der Waals surface area contributed by atoms with Crippen molar-refractivity contribution in [1.82, 2.24) is 9.47 Å². The summed E-state index contributed by atoms with van der Waals surface area (Å²) in [5.74, 6) is -0.465. The van der Waals surface area contributed by atoms with Crippen LogP contribution in [0.15, 0.2) is 53.5 Å². The van der Waals surface area contributed by atoms with Gasteiger partial charge in [0.2, 0.25) is 5.91 Å². The molecule has 1 aromatic carbocycles. The van der Waals surface area contributed by atoms with Gasteiger partial charge in [0, 0.05) is 26.4 Å². The molecule has 1 amide bonds. The average Bonchev–Trinajstić information content (AvgIpc) is 2.60. The van der Waals surface area contributed by atoms with Gasteiger partial charge in [-0.05, 0) is 17.7 Å². The molecular formula is C18H19F3N2O3. The summed E-state index contributed by atoms with van der Waals surface area (Å²) in [6.07, 6.45) is -3.59. The standard InChI is InChI=1S/C18H19F3N2O3/c1-26-11-10-22(12-14-6-3-2-4-7-14)16(24)13-23-9-5-8-15(17(23)25)18(19,20)21/h2-9H,10-13H2,1H3. The highest BCUT2D eigenvalue weighted by molar-refractivity contribution is 5.76. The van der Waals surface area contributed by atoms with E-state index in [4.69, 9.17) is 4.74 Å². The first kappa shape index (κ1) is 19.7. The Morgan fingerprint density at radius 3 is 2.46 bits per heavy atom. The molecule has 0 N–H and O–H groups in total. The molecule has 0 atom stereocenters. The van der Waals surface area contributed by atoms with Crippen molar-refractivity contribution >= 4 is 5.91 Å². The number of rotatable bonds is 7. The van der Waals surface area contributed by atoms with Gasteiger partial charge in [0.05, 0.1) is 6.61 Å². The van der Waals surface area contributed by atoms with Crippen LogP contribution >= 0.6 is 0 Å². The molecule has 1 aromatic heterocycles. The largest absolute Gasteiger partial charge is 0.421 e. The number of carbonyl (C=O) groups is 1. The van der Waals surface area contributed by atoms with E-state index in [0.29, 0.717) is 6.07 Å². The predicted molar refractivity (Wildman–Crippen MR) is 89.4 cm³/mol. The summed E-state index contributed by atoms with van der Waals surface area (Å²) in [5, 5.41) is 0. The quantitative estimate of drug-likeness (QED) is 0.755. The molecule has 0 aliphatic heterocycles. The average molecular weight is 368 g/mol. The van der Waals surface area contributed by atoms with Gasteiger partial charge in [-0.2, -0.15) is 13.2 Å². The van der Waals surface area contributed by atoms with Crippen LogP contribution in [-0.2, 0) is 28.8 Å². The van der Waals surface area contributed by atoms with Crippen molar-refractivity contribution in [2.75, 3.05) is 20.3 Å². The van der Waals surface area contributed by atoms with E-state index in [2.05, 4.69) is 0 Å². The van der Waals surface area contributed by atoms with Crippen LogP contribution in [0.25, 0.3) is 0 Å². The van der Waals surface area contributed by atoms with Gasteiger partial charge in [-0.15, -0.1) is 0 Å². The van der Waals surface area contributed by atoms with Crippen LogP contribution in [0.5, 0.6) is 0 Å². The zero-order chi connectivity index (χ0) is 19.2. The summed E-state index contributed by atoms with van der Waals surface area (Å²) < 4.78 is 44.3. The zero-order valence-corrected chi connectivity index (χ0v) is 14.2. The number of benzene rings is 1. The maximum absolute atomic E-state index is 12.9. The molecule has 1 heterocycles. The lowest BCUT2D eigenvalue weighted by Gasteiger charge is -2.23. The Hall–Kier alpha value is -2.61. The minimum atomic E-state index is -4.76. The molecule has 0 radical (unpaired) electrons. The highest BCUT2D eigenvalue weighted by Crippen LogP contribution is 2.25. The molecule has 0 spiro atoms. The number of methoxy groups -OCH3 is 1. The minimum Gasteiger partial charge on any atom is -0.383 e. The number of hydrogen-bond acceptors (Lipinski definition) is 3. The van der Waals surface area contributed by atoms with Crippen molar-refractivity contribution in [1.29, 1.82) is 0 Å². The first-order chi connectivity index (χ1) is 12.3. The number of amides is 1. The van der Waals surface area contributed by atoms with Crippen LogP contribution < -0.4 is 5.56 Å². The molecule has 0 saturated heterocycles. The molecule has 2 aromatic rings. The van der Waals surface area contributed by atoms with Crippen molar-refractivity contribution in [3.8, 4) is 0 Å². The summed E-state index contributed by atoms with van der Waals surface area (Å²) >= 11 is 0. The molecule has 0 bridgehead atoms. The first-order valence-corrected chi connectivity index (χ1v) is 7.90. The van der Waals surface area contributed by atoms with E-state index in [-0.39, 0.29) is 19.7 Å². The Kier molecular flexibility index (Phi) is 6.57. The molecule has 8 heteroatoms. The van der Waals surface area contributed by atoms with Gasteiger partial charge in [-0.25, -0.2) is 0 Å². The zero-order valence-electron chi connectivity index (χ0n) is 14.2. The molecular weight excluding hydrogens is 349 g/mol. The van der Waals surface area contributed by atoms with Crippen LogP contribution in [-0.4, -0.2) is 35.6 Å². The van der Waals surface area contributed by atoms with Gasteiger partial charge in [0.15, 0.2) is 0 Å². The Morgan fingerprint density at radius 1 is 1.15 bits per heavy atom. The third-order valence-corrected chi connectivity index (χ3v) is 3.77. The number of pyridine rings is 1. The second kappa shape index (κ2) is 8.66. The Morgan fingerprint density at radius 2 is 1.85 bits per heavy atom. The normalized spacial score (nSPS) is 11.4. The Balaban J connectivity index is 2.20. The second-order valence-corrected chi connectivity index (χ2v) is 5.65. The molecule has 0 unspecified atom stereocenters. The van der Waals surface area contributed by atoms with Crippen LogP contribution in [0.3, 0.4) is 0 Å². The SMILES string of the molecule is COCCN(Cc1ccccc1)C(=O)Cn1cccc(C(F)(F)F)c1=O. The van der Waals surface area contributed by atoms with Gasteiger partial charge >= 0.3 is 6.18 Å². The van der Waals surface area contributed by atoms with Crippen LogP contribution in [0, 0.1) is 0 Å². The topological polar surface area (TPSA) is 51.5 Å². The second-order valence-electron chi connectivity index (χ2n) is 5.65. The number of aromatic nitrogens is 1. The smallest absolute Gasteiger partial charge is 0.383 e. The summed E-state index contributed by atoms with van der Waals surface area (Å²) in [4.78, 5) is 26.0. The van der Waals surface area contributed by atoms with Gasteiger partial charge in [0.25, 0.3) is 5.56 Å². The minimum absolute atomic E-state index is 0.262. The maximum atomic E-state index is 12.9. The number of alkyl halides is 3. The van der Waals surface area contributed by atoms with E-state index in [9.17, 15) is 22.8 Å². The highest BCUT2D eigenvalue weighted by atomic mass is 19.4. The third kappa shape index (κ3) is 5.19. The Bertz CT molecular complexity index is 788. The molecule has 2 rings (SSSR count). The monoisotopic (exact) mass is 368 g/mol. The van der Waals surface area contributed by atoms with Crippen LogP contribution in [0.1, 0.15) is 11.1 Å². The lowest BCUT2D eigenvalue weighted by molar-refractivity contribution is -0.139. The molecule has 0 aliphatic carbocycles. The van der Waals surface area contributed by atoms with Crippen molar-refractivity contribution in [2.45, 2.75) is 19.3 Å². The van der Waals surface area contributed by atoms with E-state index < -0.39 is 29.8 Å². The number of nitrogens with zero attached hydrogens (tertiary/aromatic N) is 2. The predicted octanol–water partition coefficient (Wildman–Crippen LogP) is 2.54. The Labute approximate surface area is 148 Å².